The quantitative estimate of drug-likeness (QED) is 0.863. The van der Waals surface area contributed by atoms with E-state index in [1.807, 2.05) is 6.92 Å². The van der Waals surface area contributed by atoms with E-state index < -0.39 is 0 Å². The molecule has 3 rings (SSSR count). The Hall–Kier alpha value is -0.690. The summed E-state index contributed by atoms with van der Waals surface area (Å²) in [6.45, 7) is 6.11. The molecule has 0 aliphatic carbocycles. The lowest BCUT2D eigenvalue weighted by atomic mass is 9.80. The number of nitrogens with one attached hydrogen (secondary N) is 2. The highest BCUT2D eigenvalue weighted by molar-refractivity contribution is 7.16. The van der Waals surface area contributed by atoms with Gasteiger partial charge in [-0.05, 0) is 14.0 Å². The lowest BCUT2D eigenvalue weighted by Crippen LogP contribution is -2.47. The average molecular weight is 329 g/mol. The third-order valence-electron chi connectivity index (χ3n) is 4.56. The maximum Gasteiger partial charge on any atom is 0.229 e. The first-order valence-corrected chi connectivity index (χ1v) is 8.50. The third kappa shape index (κ3) is 2.82. The lowest BCUT2D eigenvalue weighted by Gasteiger charge is -2.26. The van der Waals surface area contributed by atoms with Crippen molar-refractivity contribution in [3.05, 3.63) is 15.0 Å². The summed E-state index contributed by atoms with van der Waals surface area (Å²) in [4.78, 5) is 19.3. The molecule has 5 nitrogen and oxygen atoms in total. The van der Waals surface area contributed by atoms with Crippen LogP contribution in [0.5, 0.6) is 0 Å². The average Bonchev–Trinajstić information content (AvgIpc) is 3.03. The van der Waals surface area contributed by atoms with Crippen molar-refractivity contribution < 1.29 is 4.79 Å². The minimum atomic E-state index is -0.245. The van der Waals surface area contributed by atoms with Crippen LogP contribution in [0.4, 0.5) is 0 Å². The Labute approximate surface area is 134 Å². The van der Waals surface area contributed by atoms with Crippen molar-refractivity contribution in [2.45, 2.75) is 13.3 Å². The van der Waals surface area contributed by atoms with Crippen molar-refractivity contribution in [2.75, 3.05) is 39.8 Å². The molecule has 3 heterocycles. The minimum absolute atomic E-state index is 0.182. The number of nitrogens with zero attached hydrogens (tertiary/aromatic N) is 2. The summed E-state index contributed by atoms with van der Waals surface area (Å²) in [5, 5.41) is 7.46. The minimum Gasteiger partial charge on any atom is -0.355 e. The number of hydrogen-bond donors (Lipinski definition) is 2. The van der Waals surface area contributed by atoms with E-state index in [9.17, 15) is 4.79 Å². The zero-order valence-corrected chi connectivity index (χ0v) is 14.0. The van der Waals surface area contributed by atoms with Gasteiger partial charge in [-0.3, -0.25) is 4.79 Å². The molecule has 2 aliphatic rings. The van der Waals surface area contributed by atoms with Crippen LogP contribution in [0, 0.1) is 18.3 Å². The van der Waals surface area contributed by atoms with Crippen molar-refractivity contribution in [3.8, 4) is 0 Å². The molecule has 1 amide bonds. The Morgan fingerprint density at radius 1 is 1.67 bits per heavy atom. The smallest absolute Gasteiger partial charge is 0.229 e. The van der Waals surface area contributed by atoms with E-state index in [1.165, 1.54) is 11.3 Å². The molecule has 2 aliphatic heterocycles. The van der Waals surface area contributed by atoms with Crippen LogP contribution in [0.25, 0.3) is 0 Å². The first kappa shape index (κ1) is 15.2. The van der Waals surface area contributed by atoms with Crippen LogP contribution in [0.2, 0.25) is 4.34 Å². The lowest BCUT2D eigenvalue weighted by molar-refractivity contribution is -0.130. The molecule has 0 bridgehead atoms. The van der Waals surface area contributed by atoms with E-state index in [4.69, 9.17) is 11.6 Å². The standard InChI is InChI=1S/C14H21ClN4OS/c1-9-12(15)21-11(18-9)3-4-17-13(20)14-7-16-5-10(14)6-19(2)8-14/h10,16H,3-8H2,1-2H3,(H,17,20)/t10-,14-/m0/s1. The van der Waals surface area contributed by atoms with Crippen LogP contribution >= 0.6 is 22.9 Å². The van der Waals surface area contributed by atoms with Gasteiger partial charge in [0.05, 0.1) is 16.1 Å². The largest absolute Gasteiger partial charge is 0.355 e. The van der Waals surface area contributed by atoms with Gasteiger partial charge < -0.3 is 15.5 Å². The van der Waals surface area contributed by atoms with Gasteiger partial charge in [0.15, 0.2) is 0 Å². The molecular weight excluding hydrogens is 308 g/mol. The molecule has 0 spiro atoms. The normalized spacial score (nSPS) is 28.8. The predicted molar refractivity (Wildman–Crippen MR) is 84.9 cm³/mol. The van der Waals surface area contributed by atoms with Crippen LogP contribution in [-0.2, 0) is 11.2 Å². The first-order valence-electron chi connectivity index (χ1n) is 7.30. The summed E-state index contributed by atoms with van der Waals surface area (Å²) < 4.78 is 0.743. The second kappa shape index (κ2) is 5.83. The van der Waals surface area contributed by atoms with Crippen molar-refractivity contribution >= 4 is 28.8 Å². The molecule has 0 aromatic carbocycles. The molecule has 2 N–H and O–H groups in total. The fraction of sp³-hybridized carbons (Fsp3) is 0.714. The Bertz CT molecular complexity index is 530. The van der Waals surface area contributed by atoms with Crippen molar-refractivity contribution in [3.63, 3.8) is 0 Å². The van der Waals surface area contributed by atoms with E-state index in [2.05, 4.69) is 27.6 Å². The maximum atomic E-state index is 12.6. The number of carbonyl (C=O) groups excluding carboxylic acids is 1. The van der Waals surface area contributed by atoms with E-state index >= 15 is 0 Å². The highest BCUT2D eigenvalue weighted by Crippen LogP contribution is 2.38. The summed E-state index contributed by atoms with van der Waals surface area (Å²) in [6.07, 6.45) is 0.744. The third-order valence-corrected chi connectivity index (χ3v) is 6.07. The number of fused-ring (bicyclic) bond motifs is 1. The van der Waals surface area contributed by atoms with Crippen LogP contribution in [0.15, 0.2) is 0 Å². The second-order valence-corrected chi connectivity index (χ2v) is 7.84. The van der Waals surface area contributed by atoms with Crippen LogP contribution in [-0.4, -0.2) is 55.6 Å². The number of carbonyl (C=O) groups is 1. The molecule has 7 heteroatoms. The Balaban J connectivity index is 1.57. The van der Waals surface area contributed by atoms with E-state index in [0.29, 0.717) is 12.5 Å². The number of aryl methyl sites for hydroxylation is 1. The number of likely N-dealkylation sites (tertiary alicyclic amines) is 1. The molecule has 116 valence electrons. The number of hydrogen-bond acceptors (Lipinski definition) is 5. The Morgan fingerprint density at radius 2 is 2.48 bits per heavy atom. The molecule has 2 fully saturated rings. The maximum absolute atomic E-state index is 12.6. The summed E-state index contributed by atoms with van der Waals surface area (Å²) in [5.74, 6) is 0.611. The summed E-state index contributed by atoms with van der Waals surface area (Å²) >= 11 is 7.52. The number of rotatable bonds is 4. The Morgan fingerprint density at radius 3 is 3.19 bits per heavy atom. The molecule has 0 unspecified atom stereocenters. The van der Waals surface area contributed by atoms with Crippen LogP contribution < -0.4 is 10.6 Å². The zero-order chi connectivity index (χ0) is 15.0. The number of aromatic nitrogens is 1. The summed E-state index contributed by atoms with van der Waals surface area (Å²) in [5.41, 5.74) is 0.629. The van der Waals surface area contributed by atoms with Gasteiger partial charge in [0.25, 0.3) is 0 Å². The first-order chi connectivity index (χ1) is 10.0. The highest BCUT2D eigenvalue weighted by atomic mass is 35.5. The van der Waals surface area contributed by atoms with Crippen LogP contribution in [0.3, 0.4) is 0 Å². The molecule has 0 radical (unpaired) electrons. The number of amides is 1. The molecule has 2 atom stereocenters. The molecule has 1 aromatic heterocycles. The predicted octanol–water partition coefficient (Wildman–Crippen LogP) is 0.915. The monoisotopic (exact) mass is 328 g/mol. The fourth-order valence-electron chi connectivity index (χ4n) is 3.49. The SMILES string of the molecule is Cc1nc(CCNC(=O)[C@]23CNC[C@H]2CN(C)C3)sc1Cl. The van der Waals surface area contributed by atoms with E-state index in [1.54, 1.807) is 0 Å². The number of halogens is 1. The molecule has 0 saturated carbocycles. The number of thiazole rings is 1. The zero-order valence-electron chi connectivity index (χ0n) is 12.4. The van der Waals surface area contributed by atoms with Crippen molar-refractivity contribution in [2.24, 2.45) is 11.3 Å². The van der Waals surface area contributed by atoms with Gasteiger partial charge in [-0.2, -0.15) is 0 Å². The van der Waals surface area contributed by atoms with Gasteiger partial charge >= 0.3 is 0 Å². The second-order valence-electron chi connectivity index (χ2n) is 6.15. The van der Waals surface area contributed by atoms with Gasteiger partial charge in [0.1, 0.15) is 4.34 Å². The van der Waals surface area contributed by atoms with Gasteiger partial charge in [-0.15, -0.1) is 11.3 Å². The van der Waals surface area contributed by atoms with Crippen LogP contribution in [0.1, 0.15) is 10.7 Å². The van der Waals surface area contributed by atoms with E-state index in [-0.39, 0.29) is 11.3 Å². The highest BCUT2D eigenvalue weighted by Gasteiger charge is 2.53. The van der Waals surface area contributed by atoms with Gasteiger partial charge in [-0.1, -0.05) is 11.6 Å². The van der Waals surface area contributed by atoms with Gasteiger partial charge in [0, 0.05) is 45.1 Å². The summed E-state index contributed by atoms with van der Waals surface area (Å²) in [7, 11) is 2.09. The van der Waals surface area contributed by atoms with Crippen molar-refractivity contribution in [1.29, 1.82) is 0 Å². The van der Waals surface area contributed by atoms with Crippen molar-refractivity contribution in [1.82, 2.24) is 20.5 Å². The van der Waals surface area contributed by atoms with Gasteiger partial charge in [0.2, 0.25) is 5.91 Å². The Kier molecular flexibility index (Phi) is 4.23. The fourth-order valence-corrected chi connectivity index (χ4v) is 4.59. The molecule has 2 saturated heterocycles. The summed E-state index contributed by atoms with van der Waals surface area (Å²) in [6, 6.07) is 0. The van der Waals surface area contributed by atoms with E-state index in [0.717, 1.165) is 47.6 Å². The molecular formula is C14H21ClN4OS. The molecule has 21 heavy (non-hydrogen) atoms. The molecule has 1 aromatic rings. The topological polar surface area (TPSA) is 57.3 Å². The van der Waals surface area contributed by atoms with Gasteiger partial charge in [-0.25, -0.2) is 4.98 Å².